The Labute approximate surface area is 140 Å². The van der Waals surface area contributed by atoms with E-state index in [1.54, 1.807) is 11.3 Å². The summed E-state index contributed by atoms with van der Waals surface area (Å²) in [5.41, 5.74) is 4.33. The third kappa shape index (κ3) is 2.98. The van der Waals surface area contributed by atoms with Gasteiger partial charge in [0.25, 0.3) is 0 Å². The number of carbonyl (C=O) groups excluding carboxylic acids is 2. The summed E-state index contributed by atoms with van der Waals surface area (Å²) in [5, 5.41) is 1.88. The summed E-state index contributed by atoms with van der Waals surface area (Å²) in [6.45, 7) is 3.65. The normalized spacial score (nSPS) is 13.7. The zero-order valence-corrected chi connectivity index (χ0v) is 14.6. The molecule has 0 bridgehead atoms. The lowest BCUT2D eigenvalue weighted by atomic mass is 9.96. The summed E-state index contributed by atoms with van der Waals surface area (Å²) >= 11 is 1.63. The number of thiophene rings is 1. The lowest BCUT2D eigenvalue weighted by molar-refractivity contribution is 0.0474. The lowest BCUT2D eigenvalue weighted by Crippen LogP contribution is -2.16. The maximum Gasteiger partial charge on any atom is 0.339 e. The van der Waals surface area contributed by atoms with E-state index in [4.69, 9.17) is 4.74 Å². The highest BCUT2D eigenvalue weighted by atomic mass is 32.1. The van der Waals surface area contributed by atoms with Crippen molar-refractivity contribution in [3.63, 3.8) is 0 Å². The Hall–Kier alpha value is -1.88. The van der Waals surface area contributed by atoms with Gasteiger partial charge in [0.15, 0.2) is 6.61 Å². The Morgan fingerprint density at radius 3 is 2.65 bits per heavy atom. The number of esters is 1. The molecule has 1 aliphatic carbocycles. The Bertz CT molecular complexity index is 770. The molecule has 4 nitrogen and oxygen atoms in total. The number of nitrogens with zero attached hydrogens (tertiary/aromatic N) is 1. The number of hydrogen-bond acceptors (Lipinski definition) is 4. The molecule has 1 aliphatic rings. The smallest absolute Gasteiger partial charge is 0.339 e. The maximum atomic E-state index is 12.3. The molecule has 0 unspecified atom stereocenters. The van der Waals surface area contributed by atoms with E-state index in [0.717, 1.165) is 36.2 Å². The van der Waals surface area contributed by atoms with Gasteiger partial charge in [0.1, 0.15) is 0 Å². The summed E-state index contributed by atoms with van der Waals surface area (Å²) in [6, 6.07) is 1.85. The molecular weight excluding hydrogens is 310 g/mol. The van der Waals surface area contributed by atoms with Crippen molar-refractivity contribution in [2.45, 2.75) is 39.5 Å². The number of aryl methyl sites for hydroxylation is 2. The first-order valence-corrected chi connectivity index (χ1v) is 8.79. The van der Waals surface area contributed by atoms with E-state index < -0.39 is 0 Å². The highest BCUT2D eigenvalue weighted by Gasteiger charge is 2.22. The average Bonchev–Trinajstić information content (AvgIpc) is 3.09. The second-order valence-electron chi connectivity index (χ2n) is 6.10. The van der Waals surface area contributed by atoms with Crippen molar-refractivity contribution in [1.82, 2.24) is 4.57 Å². The second-order valence-corrected chi connectivity index (χ2v) is 7.07. The van der Waals surface area contributed by atoms with E-state index in [0.29, 0.717) is 11.1 Å². The van der Waals surface area contributed by atoms with E-state index in [1.165, 1.54) is 11.3 Å². The lowest BCUT2D eigenvalue weighted by Gasteiger charge is -2.12. The number of carbonyl (C=O) groups is 2. The van der Waals surface area contributed by atoms with Crippen LogP contribution in [0, 0.1) is 13.8 Å². The molecule has 0 amide bonds. The third-order valence-electron chi connectivity index (χ3n) is 4.69. The van der Waals surface area contributed by atoms with Crippen LogP contribution in [0.15, 0.2) is 11.4 Å². The summed E-state index contributed by atoms with van der Waals surface area (Å²) < 4.78 is 7.24. The Morgan fingerprint density at radius 1 is 1.22 bits per heavy atom. The van der Waals surface area contributed by atoms with Gasteiger partial charge in [-0.05, 0) is 51.2 Å². The van der Waals surface area contributed by atoms with E-state index in [1.807, 2.05) is 36.9 Å². The van der Waals surface area contributed by atoms with Crippen LogP contribution >= 0.6 is 11.3 Å². The van der Waals surface area contributed by atoms with Crippen LogP contribution in [-0.4, -0.2) is 22.9 Å². The molecule has 0 N–H and O–H groups in total. The van der Waals surface area contributed by atoms with Crippen molar-refractivity contribution < 1.29 is 14.3 Å². The Morgan fingerprint density at radius 2 is 1.96 bits per heavy atom. The van der Waals surface area contributed by atoms with Crippen LogP contribution < -0.4 is 0 Å². The summed E-state index contributed by atoms with van der Waals surface area (Å²) in [7, 11) is 1.92. The fraction of sp³-hybridized carbons (Fsp3) is 0.444. The van der Waals surface area contributed by atoms with E-state index >= 15 is 0 Å². The first-order chi connectivity index (χ1) is 11.0. The molecule has 0 saturated heterocycles. The zero-order valence-electron chi connectivity index (χ0n) is 13.8. The molecule has 0 radical (unpaired) electrons. The maximum absolute atomic E-state index is 12.3. The molecule has 5 heteroatoms. The van der Waals surface area contributed by atoms with Crippen molar-refractivity contribution >= 4 is 23.1 Å². The van der Waals surface area contributed by atoms with Gasteiger partial charge in [-0.3, -0.25) is 4.79 Å². The van der Waals surface area contributed by atoms with Gasteiger partial charge in [-0.2, -0.15) is 0 Å². The monoisotopic (exact) mass is 331 g/mol. The molecule has 2 aromatic heterocycles. The molecule has 0 fully saturated rings. The van der Waals surface area contributed by atoms with Crippen LogP contribution in [0.25, 0.3) is 0 Å². The summed E-state index contributed by atoms with van der Waals surface area (Å²) in [5.74, 6) is -0.522. The topological polar surface area (TPSA) is 48.3 Å². The molecule has 0 spiro atoms. The molecule has 0 aromatic carbocycles. The molecule has 23 heavy (non-hydrogen) atoms. The van der Waals surface area contributed by atoms with Crippen LogP contribution in [0.2, 0.25) is 0 Å². The molecule has 3 rings (SSSR count). The number of hydrogen-bond donors (Lipinski definition) is 0. The molecule has 122 valence electrons. The number of aromatic nitrogens is 1. The van der Waals surface area contributed by atoms with Crippen LogP contribution in [0.1, 0.15) is 55.4 Å². The van der Waals surface area contributed by atoms with Crippen molar-refractivity contribution in [3.8, 4) is 0 Å². The van der Waals surface area contributed by atoms with E-state index in [-0.39, 0.29) is 18.4 Å². The molecule has 2 aromatic rings. The van der Waals surface area contributed by atoms with Crippen LogP contribution in [-0.2, 0) is 24.6 Å². The van der Waals surface area contributed by atoms with Crippen molar-refractivity contribution in [2.75, 3.05) is 6.61 Å². The minimum atomic E-state index is -0.372. The zero-order chi connectivity index (χ0) is 16.6. The molecule has 2 heterocycles. The van der Waals surface area contributed by atoms with E-state index in [2.05, 4.69) is 0 Å². The minimum Gasteiger partial charge on any atom is -0.454 e. The second kappa shape index (κ2) is 6.32. The van der Waals surface area contributed by atoms with Crippen LogP contribution in [0.4, 0.5) is 0 Å². The summed E-state index contributed by atoms with van der Waals surface area (Å²) in [6.07, 6.45) is 4.29. The molecule has 0 saturated carbocycles. The van der Waals surface area contributed by atoms with Crippen molar-refractivity contribution in [2.24, 2.45) is 7.05 Å². The van der Waals surface area contributed by atoms with E-state index in [9.17, 15) is 9.59 Å². The van der Waals surface area contributed by atoms with Gasteiger partial charge >= 0.3 is 5.97 Å². The first-order valence-electron chi connectivity index (χ1n) is 7.91. The van der Waals surface area contributed by atoms with Crippen molar-refractivity contribution in [1.29, 1.82) is 0 Å². The number of Topliss-reactive ketones (excluding diaryl/α,β-unsaturated/α-hetero) is 1. The van der Waals surface area contributed by atoms with Gasteiger partial charge in [-0.1, -0.05) is 0 Å². The van der Waals surface area contributed by atoms with Gasteiger partial charge in [-0.25, -0.2) is 4.79 Å². The third-order valence-corrected chi connectivity index (χ3v) is 5.78. The fourth-order valence-electron chi connectivity index (χ4n) is 3.09. The molecular formula is C18H21NO3S. The summed E-state index contributed by atoms with van der Waals surface area (Å²) in [4.78, 5) is 25.9. The highest BCUT2D eigenvalue weighted by molar-refractivity contribution is 7.10. The highest BCUT2D eigenvalue weighted by Crippen LogP contribution is 2.30. The standard InChI is InChI=1S/C18H21NO3S/c1-11-8-14(12(2)19(11)3)16(20)9-22-18(21)15-10-23-17-7-5-4-6-13(15)17/h8,10H,4-7,9H2,1-3H3. The number of rotatable bonds is 4. The SMILES string of the molecule is Cc1cc(C(=O)COC(=O)c2csc3c2CCCC3)c(C)n1C. The number of ether oxygens (including phenoxy) is 1. The minimum absolute atomic E-state index is 0.149. The average molecular weight is 331 g/mol. The number of ketones is 1. The van der Waals surface area contributed by atoms with Crippen LogP contribution in [0.5, 0.6) is 0 Å². The first kappa shape index (κ1) is 16.0. The largest absolute Gasteiger partial charge is 0.454 e. The quantitative estimate of drug-likeness (QED) is 0.635. The van der Waals surface area contributed by atoms with Gasteiger partial charge in [0.2, 0.25) is 5.78 Å². The number of fused-ring (bicyclic) bond motifs is 1. The Balaban J connectivity index is 1.68. The van der Waals surface area contributed by atoms with Gasteiger partial charge in [0, 0.05) is 34.3 Å². The van der Waals surface area contributed by atoms with Gasteiger partial charge in [-0.15, -0.1) is 11.3 Å². The molecule has 0 atom stereocenters. The predicted octanol–water partition coefficient (Wildman–Crippen LogP) is 3.62. The fourth-order valence-corrected chi connectivity index (χ4v) is 4.20. The van der Waals surface area contributed by atoms with Crippen molar-refractivity contribution in [3.05, 3.63) is 44.4 Å². The molecule has 0 aliphatic heterocycles. The Kier molecular flexibility index (Phi) is 4.39. The van der Waals surface area contributed by atoms with Gasteiger partial charge in [0.05, 0.1) is 5.56 Å². The van der Waals surface area contributed by atoms with Gasteiger partial charge < -0.3 is 9.30 Å². The van der Waals surface area contributed by atoms with Crippen LogP contribution in [0.3, 0.4) is 0 Å². The predicted molar refractivity (Wildman–Crippen MR) is 90.5 cm³/mol.